The van der Waals surface area contributed by atoms with E-state index in [1.807, 2.05) is 13.0 Å². The zero-order valence-corrected chi connectivity index (χ0v) is 12.1. The van der Waals surface area contributed by atoms with Crippen LogP contribution in [0.2, 0.25) is 0 Å². The van der Waals surface area contributed by atoms with Gasteiger partial charge in [0, 0.05) is 17.9 Å². The van der Waals surface area contributed by atoms with E-state index in [4.69, 9.17) is 0 Å². The molecular formula is C10H19Cl3N4. The Balaban J connectivity index is 0. The van der Waals surface area contributed by atoms with E-state index in [9.17, 15) is 0 Å². The van der Waals surface area contributed by atoms with E-state index in [1.54, 1.807) is 6.20 Å². The van der Waals surface area contributed by atoms with Crippen LogP contribution in [-0.2, 0) is 0 Å². The highest BCUT2D eigenvalue weighted by molar-refractivity contribution is 5.86. The van der Waals surface area contributed by atoms with Crippen LogP contribution in [0, 0.1) is 6.92 Å². The molecule has 1 aromatic rings. The van der Waals surface area contributed by atoms with Crippen LogP contribution < -0.4 is 10.6 Å². The Morgan fingerprint density at radius 1 is 1.24 bits per heavy atom. The molecule has 1 aromatic heterocycles. The largest absolute Gasteiger partial charge is 0.351 e. The minimum Gasteiger partial charge on any atom is -0.351 e. The Morgan fingerprint density at radius 2 is 1.88 bits per heavy atom. The summed E-state index contributed by atoms with van der Waals surface area (Å²) in [6.07, 6.45) is 4.10. The predicted molar refractivity (Wildman–Crippen MR) is 78.0 cm³/mol. The first-order chi connectivity index (χ1) is 6.84. The van der Waals surface area contributed by atoms with Crippen molar-refractivity contribution in [3.8, 4) is 0 Å². The predicted octanol–water partition coefficient (Wildman–Crippen LogP) is 2.21. The van der Waals surface area contributed by atoms with E-state index in [-0.39, 0.29) is 37.2 Å². The van der Waals surface area contributed by atoms with Gasteiger partial charge in [-0.3, -0.25) is 0 Å². The first-order valence-electron chi connectivity index (χ1n) is 5.11. The molecule has 0 radical (unpaired) electrons. The van der Waals surface area contributed by atoms with Gasteiger partial charge in [0.2, 0.25) is 5.95 Å². The van der Waals surface area contributed by atoms with Crippen LogP contribution in [-0.4, -0.2) is 29.1 Å². The summed E-state index contributed by atoms with van der Waals surface area (Å²) >= 11 is 0. The highest BCUT2D eigenvalue weighted by Crippen LogP contribution is 2.08. The molecule has 1 fully saturated rings. The molecule has 2 rings (SSSR count). The van der Waals surface area contributed by atoms with Crippen molar-refractivity contribution in [2.45, 2.75) is 25.8 Å². The second-order valence-corrected chi connectivity index (χ2v) is 3.69. The number of aryl methyl sites for hydroxylation is 1. The number of anilines is 1. The van der Waals surface area contributed by atoms with Crippen molar-refractivity contribution in [2.24, 2.45) is 0 Å². The molecule has 1 aliphatic rings. The first kappa shape index (κ1) is 19.1. The molecule has 4 nitrogen and oxygen atoms in total. The average Bonchev–Trinajstić information content (AvgIpc) is 2.19. The summed E-state index contributed by atoms with van der Waals surface area (Å²) in [5, 5.41) is 6.69. The lowest BCUT2D eigenvalue weighted by atomic mass is 10.1. The molecule has 1 saturated heterocycles. The highest BCUT2D eigenvalue weighted by atomic mass is 35.5. The maximum absolute atomic E-state index is 4.32. The van der Waals surface area contributed by atoms with Crippen LogP contribution >= 0.6 is 37.2 Å². The zero-order chi connectivity index (χ0) is 9.80. The van der Waals surface area contributed by atoms with Crippen molar-refractivity contribution >= 4 is 43.2 Å². The van der Waals surface area contributed by atoms with E-state index in [2.05, 4.69) is 20.6 Å². The Labute approximate surface area is 121 Å². The molecule has 0 aliphatic carbocycles. The van der Waals surface area contributed by atoms with Gasteiger partial charge in [-0.15, -0.1) is 37.2 Å². The Bertz CT molecular complexity index is 305. The van der Waals surface area contributed by atoms with Crippen molar-refractivity contribution in [2.75, 3.05) is 18.4 Å². The van der Waals surface area contributed by atoms with E-state index < -0.39 is 0 Å². The summed E-state index contributed by atoms with van der Waals surface area (Å²) in [4.78, 5) is 8.52. The quantitative estimate of drug-likeness (QED) is 0.879. The number of halogens is 3. The fourth-order valence-electron chi connectivity index (χ4n) is 1.67. The molecule has 0 bridgehead atoms. The van der Waals surface area contributed by atoms with Gasteiger partial charge in [-0.1, -0.05) is 0 Å². The summed E-state index contributed by atoms with van der Waals surface area (Å²) in [5.74, 6) is 0.761. The number of rotatable bonds is 2. The maximum Gasteiger partial charge on any atom is 0.223 e. The van der Waals surface area contributed by atoms with Crippen LogP contribution in [0.25, 0.3) is 0 Å². The standard InChI is InChI=1S/C10H16N4.3ClH/c1-8-2-7-12-10(13-8)14-9-3-5-11-6-4-9;;;/h2,7,9,11H,3-6H2,1H3,(H,12,13,14);3*1H. The second kappa shape index (κ2) is 9.71. The monoisotopic (exact) mass is 300 g/mol. The minimum absolute atomic E-state index is 0. The topological polar surface area (TPSA) is 49.8 Å². The molecule has 0 aromatic carbocycles. The van der Waals surface area contributed by atoms with Gasteiger partial charge in [0.05, 0.1) is 0 Å². The second-order valence-electron chi connectivity index (χ2n) is 3.69. The number of hydrogen-bond donors (Lipinski definition) is 2. The molecule has 0 amide bonds. The number of aromatic nitrogens is 2. The van der Waals surface area contributed by atoms with Crippen LogP contribution in [0.1, 0.15) is 18.5 Å². The van der Waals surface area contributed by atoms with Gasteiger partial charge in [0.1, 0.15) is 0 Å². The fraction of sp³-hybridized carbons (Fsp3) is 0.600. The average molecular weight is 302 g/mol. The summed E-state index contributed by atoms with van der Waals surface area (Å²) in [5.41, 5.74) is 1.01. The van der Waals surface area contributed by atoms with E-state index >= 15 is 0 Å². The van der Waals surface area contributed by atoms with E-state index in [1.165, 1.54) is 0 Å². The highest BCUT2D eigenvalue weighted by Gasteiger charge is 2.13. The molecule has 7 heteroatoms. The van der Waals surface area contributed by atoms with Gasteiger partial charge >= 0.3 is 0 Å². The summed E-state index contributed by atoms with van der Waals surface area (Å²) in [7, 11) is 0. The summed E-state index contributed by atoms with van der Waals surface area (Å²) in [6.45, 7) is 4.16. The molecule has 2 heterocycles. The Hall–Kier alpha value is -0.290. The minimum atomic E-state index is 0. The van der Waals surface area contributed by atoms with Crippen molar-refractivity contribution < 1.29 is 0 Å². The van der Waals surface area contributed by atoms with E-state index in [0.717, 1.165) is 37.6 Å². The first-order valence-corrected chi connectivity index (χ1v) is 5.11. The molecule has 0 spiro atoms. The third-order valence-corrected chi connectivity index (χ3v) is 2.47. The summed E-state index contributed by atoms with van der Waals surface area (Å²) < 4.78 is 0. The lowest BCUT2D eigenvalue weighted by molar-refractivity contribution is 0.477. The lowest BCUT2D eigenvalue weighted by Gasteiger charge is -2.23. The van der Waals surface area contributed by atoms with Crippen molar-refractivity contribution in [3.63, 3.8) is 0 Å². The van der Waals surface area contributed by atoms with Gasteiger partial charge in [-0.05, 0) is 38.9 Å². The number of piperidine rings is 1. The van der Waals surface area contributed by atoms with Gasteiger partial charge in [-0.25, -0.2) is 9.97 Å². The molecule has 1 aliphatic heterocycles. The van der Waals surface area contributed by atoms with Crippen LogP contribution in [0.3, 0.4) is 0 Å². The van der Waals surface area contributed by atoms with Crippen molar-refractivity contribution in [1.29, 1.82) is 0 Å². The molecule has 17 heavy (non-hydrogen) atoms. The van der Waals surface area contributed by atoms with E-state index in [0.29, 0.717) is 6.04 Å². The third kappa shape index (κ3) is 6.27. The third-order valence-electron chi connectivity index (χ3n) is 2.47. The smallest absolute Gasteiger partial charge is 0.223 e. The lowest BCUT2D eigenvalue weighted by Crippen LogP contribution is -2.35. The molecule has 0 atom stereocenters. The van der Waals surface area contributed by atoms with Crippen molar-refractivity contribution in [3.05, 3.63) is 18.0 Å². The molecule has 0 saturated carbocycles. The zero-order valence-electron chi connectivity index (χ0n) is 9.68. The van der Waals surface area contributed by atoms with Gasteiger partial charge < -0.3 is 10.6 Å². The fourth-order valence-corrected chi connectivity index (χ4v) is 1.67. The van der Waals surface area contributed by atoms with Crippen LogP contribution in [0.15, 0.2) is 12.3 Å². The number of hydrogen-bond acceptors (Lipinski definition) is 4. The number of nitrogens with zero attached hydrogens (tertiary/aromatic N) is 2. The van der Waals surface area contributed by atoms with Gasteiger partial charge in [0.15, 0.2) is 0 Å². The van der Waals surface area contributed by atoms with Crippen molar-refractivity contribution in [1.82, 2.24) is 15.3 Å². The Kier molecular flexibility index (Phi) is 10.9. The van der Waals surface area contributed by atoms with Gasteiger partial charge in [0.25, 0.3) is 0 Å². The molecule has 0 unspecified atom stereocenters. The maximum atomic E-state index is 4.32. The van der Waals surface area contributed by atoms with Crippen LogP contribution in [0.5, 0.6) is 0 Å². The SMILES string of the molecule is Cc1ccnc(NC2CCNCC2)n1.Cl.Cl.Cl. The summed E-state index contributed by atoms with van der Waals surface area (Å²) in [6, 6.07) is 2.44. The normalized spacial score (nSPS) is 14.9. The molecule has 100 valence electrons. The molecular weight excluding hydrogens is 282 g/mol. The molecule has 2 N–H and O–H groups in total. The van der Waals surface area contributed by atoms with Crippen LogP contribution in [0.4, 0.5) is 5.95 Å². The Morgan fingerprint density at radius 3 is 2.47 bits per heavy atom. The van der Waals surface area contributed by atoms with Gasteiger partial charge in [-0.2, -0.15) is 0 Å². The number of nitrogens with one attached hydrogen (secondary N) is 2.